The number of rotatable bonds is 6. The summed E-state index contributed by atoms with van der Waals surface area (Å²) in [5, 5.41) is 7.59. The third kappa shape index (κ3) is 2.82. The Hall–Kier alpha value is -0.870. The fourth-order valence-corrected chi connectivity index (χ4v) is 1.32. The zero-order valence-electron chi connectivity index (χ0n) is 9.21. The minimum absolute atomic E-state index is 0.711. The van der Waals surface area contributed by atoms with Gasteiger partial charge in [-0.05, 0) is 13.5 Å². The van der Waals surface area contributed by atoms with Crippen LogP contribution < -0.4 is 5.32 Å². The summed E-state index contributed by atoms with van der Waals surface area (Å²) < 4.78 is 7.00. The van der Waals surface area contributed by atoms with Crippen LogP contribution in [0.1, 0.15) is 18.2 Å². The molecule has 1 heterocycles. The summed E-state index contributed by atoms with van der Waals surface area (Å²) in [6.07, 6.45) is 1.92. The minimum Gasteiger partial charge on any atom is -0.383 e. The van der Waals surface area contributed by atoms with Gasteiger partial charge in [-0.3, -0.25) is 4.68 Å². The van der Waals surface area contributed by atoms with E-state index in [0.717, 1.165) is 19.6 Å². The summed E-state index contributed by atoms with van der Waals surface area (Å²) in [6, 6.07) is 0. The smallest absolute Gasteiger partial charge is 0.0658 e. The van der Waals surface area contributed by atoms with Crippen molar-refractivity contribution in [2.45, 2.75) is 26.9 Å². The van der Waals surface area contributed by atoms with Gasteiger partial charge in [0.05, 0.1) is 19.3 Å². The lowest BCUT2D eigenvalue weighted by Gasteiger charge is -2.04. The summed E-state index contributed by atoms with van der Waals surface area (Å²) >= 11 is 0. The third-order valence-electron chi connectivity index (χ3n) is 2.28. The van der Waals surface area contributed by atoms with Gasteiger partial charge in [-0.25, -0.2) is 0 Å². The topological polar surface area (TPSA) is 39.1 Å². The lowest BCUT2D eigenvalue weighted by atomic mass is 10.2. The number of aromatic nitrogens is 2. The van der Waals surface area contributed by atoms with Gasteiger partial charge < -0.3 is 10.1 Å². The third-order valence-corrected chi connectivity index (χ3v) is 2.28. The molecule has 0 radical (unpaired) electrons. The molecule has 1 N–H and O–H groups in total. The van der Waals surface area contributed by atoms with Gasteiger partial charge >= 0.3 is 0 Å². The predicted molar refractivity (Wildman–Crippen MR) is 56.2 cm³/mol. The molecule has 0 saturated carbocycles. The molecule has 4 heteroatoms. The molecule has 0 aliphatic carbocycles. The molecule has 1 rings (SSSR count). The maximum Gasteiger partial charge on any atom is 0.0658 e. The van der Waals surface area contributed by atoms with Crippen LogP contribution in [0, 0.1) is 6.92 Å². The van der Waals surface area contributed by atoms with Crippen molar-refractivity contribution in [2.75, 3.05) is 20.3 Å². The van der Waals surface area contributed by atoms with Crippen LogP contribution >= 0.6 is 0 Å². The van der Waals surface area contributed by atoms with Gasteiger partial charge in [0.25, 0.3) is 0 Å². The standard InChI is InChI=1S/C10H19N3O/c1-4-11-7-10-8-12-13(9(10)2)5-6-14-3/h8,11H,4-7H2,1-3H3. The average molecular weight is 197 g/mol. The van der Waals surface area contributed by atoms with E-state index < -0.39 is 0 Å². The molecule has 0 spiro atoms. The van der Waals surface area contributed by atoms with Crippen LogP contribution in [0.5, 0.6) is 0 Å². The minimum atomic E-state index is 0.711. The van der Waals surface area contributed by atoms with Crippen LogP contribution in [0.3, 0.4) is 0 Å². The molecule has 14 heavy (non-hydrogen) atoms. The molecule has 0 fully saturated rings. The number of nitrogens with zero attached hydrogens (tertiary/aromatic N) is 2. The zero-order valence-corrected chi connectivity index (χ0v) is 9.21. The number of ether oxygens (including phenoxy) is 1. The molecule has 0 aliphatic heterocycles. The molecule has 80 valence electrons. The summed E-state index contributed by atoms with van der Waals surface area (Å²) in [5.74, 6) is 0. The highest BCUT2D eigenvalue weighted by Crippen LogP contribution is 2.06. The highest BCUT2D eigenvalue weighted by atomic mass is 16.5. The molecule has 0 aliphatic rings. The van der Waals surface area contributed by atoms with Crippen molar-refractivity contribution < 1.29 is 4.74 Å². The molecule has 0 bridgehead atoms. The number of methoxy groups -OCH3 is 1. The fraction of sp³-hybridized carbons (Fsp3) is 0.700. The molecule has 0 atom stereocenters. The lowest BCUT2D eigenvalue weighted by Crippen LogP contribution is -2.13. The monoisotopic (exact) mass is 197 g/mol. The quantitative estimate of drug-likeness (QED) is 0.738. The van der Waals surface area contributed by atoms with Gasteiger partial charge in [-0.2, -0.15) is 5.10 Å². The van der Waals surface area contributed by atoms with Crippen molar-refractivity contribution in [3.8, 4) is 0 Å². The van der Waals surface area contributed by atoms with Gasteiger partial charge in [0.1, 0.15) is 0 Å². The zero-order chi connectivity index (χ0) is 10.4. The number of hydrogen-bond donors (Lipinski definition) is 1. The van der Waals surface area contributed by atoms with E-state index in [2.05, 4.69) is 24.3 Å². The van der Waals surface area contributed by atoms with Gasteiger partial charge in [-0.15, -0.1) is 0 Å². The summed E-state index contributed by atoms with van der Waals surface area (Å²) in [5.41, 5.74) is 2.49. The van der Waals surface area contributed by atoms with Crippen LogP contribution in [0.4, 0.5) is 0 Å². The molecular formula is C10H19N3O. The van der Waals surface area contributed by atoms with E-state index >= 15 is 0 Å². The van der Waals surface area contributed by atoms with E-state index in [9.17, 15) is 0 Å². The first kappa shape index (κ1) is 11.2. The average Bonchev–Trinajstić information content (AvgIpc) is 2.54. The predicted octanol–water partition coefficient (Wildman–Crippen LogP) is 0.947. The molecule has 0 saturated heterocycles. The maximum atomic E-state index is 5.01. The van der Waals surface area contributed by atoms with Crippen molar-refractivity contribution in [1.29, 1.82) is 0 Å². The van der Waals surface area contributed by atoms with Crippen molar-refractivity contribution in [3.05, 3.63) is 17.5 Å². The summed E-state index contributed by atoms with van der Waals surface area (Å²) in [4.78, 5) is 0. The molecule has 1 aromatic rings. The second-order valence-electron chi connectivity index (χ2n) is 3.25. The molecule has 0 amide bonds. The first-order valence-corrected chi connectivity index (χ1v) is 5.00. The fourth-order valence-electron chi connectivity index (χ4n) is 1.32. The Morgan fingerprint density at radius 3 is 3.00 bits per heavy atom. The van der Waals surface area contributed by atoms with Crippen LogP contribution in [0.2, 0.25) is 0 Å². The summed E-state index contributed by atoms with van der Waals surface area (Å²) in [6.45, 7) is 7.62. The van der Waals surface area contributed by atoms with E-state index in [4.69, 9.17) is 4.74 Å². The Bertz CT molecular complexity index is 245. The van der Waals surface area contributed by atoms with Crippen molar-refractivity contribution in [2.24, 2.45) is 0 Å². The Labute approximate surface area is 85.3 Å². The highest BCUT2D eigenvalue weighted by Gasteiger charge is 2.04. The summed E-state index contributed by atoms with van der Waals surface area (Å²) in [7, 11) is 1.71. The van der Waals surface area contributed by atoms with Gasteiger partial charge in [0, 0.05) is 24.9 Å². The van der Waals surface area contributed by atoms with Crippen LogP contribution in [-0.4, -0.2) is 30.0 Å². The Morgan fingerprint density at radius 1 is 1.57 bits per heavy atom. The van der Waals surface area contributed by atoms with Crippen LogP contribution in [0.15, 0.2) is 6.20 Å². The van der Waals surface area contributed by atoms with Gasteiger partial charge in [-0.1, -0.05) is 6.92 Å². The molecule has 0 aromatic carbocycles. The SMILES string of the molecule is CCNCc1cnn(CCOC)c1C. The highest BCUT2D eigenvalue weighted by molar-refractivity contribution is 5.15. The Morgan fingerprint density at radius 2 is 2.36 bits per heavy atom. The van der Waals surface area contributed by atoms with Crippen LogP contribution in [-0.2, 0) is 17.8 Å². The van der Waals surface area contributed by atoms with E-state index in [-0.39, 0.29) is 0 Å². The number of nitrogens with one attached hydrogen (secondary N) is 1. The van der Waals surface area contributed by atoms with E-state index in [1.54, 1.807) is 7.11 Å². The van der Waals surface area contributed by atoms with E-state index in [1.807, 2.05) is 10.9 Å². The second kappa shape index (κ2) is 5.78. The normalized spacial score (nSPS) is 10.8. The lowest BCUT2D eigenvalue weighted by molar-refractivity contribution is 0.183. The molecule has 4 nitrogen and oxygen atoms in total. The Kier molecular flexibility index (Phi) is 4.62. The molecular weight excluding hydrogens is 178 g/mol. The van der Waals surface area contributed by atoms with Crippen LogP contribution in [0.25, 0.3) is 0 Å². The number of hydrogen-bond acceptors (Lipinski definition) is 3. The maximum absolute atomic E-state index is 5.01. The van der Waals surface area contributed by atoms with Gasteiger partial charge in [0.15, 0.2) is 0 Å². The first-order chi connectivity index (χ1) is 6.79. The van der Waals surface area contributed by atoms with Gasteiger partial charge in [0.2, 0.25) is 0 Å². The van der Waals surface area contributed by atoms with Crippen molar-refractivity contribution in [1.82, 2.24) is 15.1 Å². The van der Waals surface area contributed by atoms with E-state index in [0.29, 0.717) is 6.61 Å². The van der Waals surface area contributed by atoms with E-state index in [1.165, 1.54) is 11.3 Å². The molecule has 0 unspecified atom stereocenters. The van der Waals surface area contributed by atoms with Crippen molar-refractivity contribution in [3.63, 3.8) is 0 Å². The van der Waals surface area contributed by atoms with Crippen molar-refractivity contribution >= 4 is 0 Å². The second-order valence-corrected chi connectivity index (χ2v) is 3.25. The first-order valence-electron chi connectivity index (χ1n) is 5.00. The molecule has 1 aromatic heterocycles. The Balaban J connectivity index is 2.55. The largest absolute Gasteiger partial charge is 0.383 e.